The van der Waals surface area contributed by atoms with E-state index in [9.17, 15) is 5.11 Å². The van der Waals surface area contributed by atoms with Crippen LogP contribution < -0.4 is 0 Å². The van der Waals surface area contributed by atoms with Crippen LogP contribution in [0.1, 0.15) is 54.4 Å². The molecular formula is C16H28O. The van der Waals surface area contributed by atoms with E-state index in [0.29, 0.717) is 16.7 Å². The van der Waals surface area contributed by atoms with Gasteiger partial charge in [-0.15, -0.1) is 0 Å². The second-order valence-corrected chi connectivity index (χ2v) is 7.74. The molecule has 2 aliphatic rings. The predicted molar refractivity (Wildman–Crippen MR) is 72.7 cm³/mol. The highest BCUT2D eigenvalue weighted by Gasteiger charge is 2.66. The van der Waals surface area contributed by atoms with Crippen LogP contribution in [0.25, 0.3) is 0 Å². The zero-order valence-corrected chi connectivity index (χ0v) is 12.2. The van der Waals surface area contributed by atoms with Crippen molar-refractivity contribution in [1.29, 1.82) is 0 Å². The third-order valence-corrected chi connectivity index (χ3v) is 6.18. The molecule has 98 valence electrons. The lowest BCUT2D eigenvalue weighted by Gasteiger charge is -2.34. The second-order valence-electron chi connectivity index (χ2n) is 7.74. The molecule has 0 spiro atoms. The first-order valence-electron chi connectivity index (χ1n) is 6.99. The van der Waals surface area contributed by atoms with E-state index in [1.807, 2.05) is 6.92 Å². The van der Waals surface area contributed by atoms with E-state index in [-0.39, 0.29) is 11.5 Å². The normalized spacial score (nSPS) is 41.6. The lowest BCUT2D eigenvalue weighted by molar-refractivity contribution is 0.0982. The highest BCUT2D eigenvalue weighted by atomic mass is 16.3. The van der Waals surface area contributed by atoms with Gasteiger partial charge in [-0.05, 0) is 42.4 Å². The zero-order chi connectivity index (χ0) is 13.1. The van der Waals surface area contributed by atoms with Crippen molar-refractivity contribution in [2.45, 2.75) is 60.5 Å². The molecule has 0 radical (unpaired) electrons. The predicted octanol–water partition coefficient (Wildman–Crippen LogP) is 4.02. The van der Waals surface area contributed by atoms with Gasteiger partial charge in [0.25, 0.3) is 0 Å². The van der Waals surface area contributed by atoms with E-state index in [2.05, 4.69) is 46.8 Å². The molecule has 2 aliphatic carbocycles. The minimum atomic E-state index is -0.284. The third-order valence-electron chi connectivity index (χ3n) is 6.18. The fourth-order valence-electron chi connectivity index (χ4n) is 3.43. The van der Waals surface area contributed by atoms with Crippen LogP contribution in [0.5, 0.6) is 0 Å². The van der Waals surface area contributed by atoms with Crippen molar-refractivity contribution in [3.8, 4) is 0 Å². The van der Waals surface area contributed by atoms with Gasteiger partial charge in [-0.25, -0.2) is 0 Å². The van der Waals surface area contributed by atoms with Crippen LogP contribution >= 0.6 is 0 Å². The first-order chi connectivity index (χ1) is 7.61. The molecule has 0 aromatic heterocycles. The molecule has 1 heteroatoms. The summed E-state index contributed by atoms with van der Waals surface area (Å²) in [6.07, 6.45) is 7.09. The Hall–Kier alpha value is -0.300. The number of fused-ring (bicyclic) bond motifs is 1. The molecule has 0 heterocycles. The van der Waals surface area contributed by atoms with E-state index in [0.717, 1.165) is 5.92 Å². The molecule has 4 atom stereocenters. The Kier molecular flexibility index (Phi) is 2.78. The van der Waals surface area contributed by atoms with Gasteiger partial charge in [0.15, 0.2) is 0 Å². The van der Waals surface area contributed by atoms with E-state index < -0.39 is 0 Å². The largest absolute Gasteiger partial charge is 0.393 e. The molecule has 4 unspecified atom stereocenters. The molecule has 0 amide bonds. The lowest BCUT2D eigenvalue weighted by Crippen LogP contribution is -2.28. The van der Waals surface area contributed by atoms with E-state index in [4.69, 9.17) is 0 Å². The summed E-state index contributed by atoms with van der Waals surface area (Å²) in [5.41, 5.74) is 0.893. The second kappa shape index (κ2) is 3.60. The van der Waals surface area contributed by atoms with Gasteiger partial charge in [0, 0.05) is 5.41 Å². The SMILES string of the molecule is CC(O)C(C)(C)/C=C/C1CC2CC2(C)C1(C)C. The maximum atomic E-state index is 9.74. The van der Waals surface area contributed by atoms with E-state index in [1.165, 1.54) is 12.8 Å². The third kappa shape index (κ3) is 1.87. The minimum Gasteiger partial charge on any atom is -0.393 e. The van der Waals surface area contributed by atoms with Crippen molar-refractivity contribution in [2.75, 3.05) is 0 Å². The molecule has 1 nitrogen and oxygen atoms in total. The van der Waals surface area contributed by atoms with Gasteiger partial charge in [-0.2, -0.15) is 0 Å². The number of hydrogen-bond acceptors (Lipinski definition) is 1. The smallest absolute Gasteiger partial charge is 0.0597 e. The van der Waals surface area contributed by atoms with Crippen LogP contribution in [0.3, 0.4) is 0 Å². The number of aliphatic hydroxyl groups is 1. The number of hydrogen-bond donors (Lipinski definition) is 1. The first-order valence-corrected chi connectivity index (χ1v) is 6.99. The summed E-state index contributed by atoms with van der Waals surface area (Å²) in [6, 6.07) is 0. The summed E-state index contributed by atoms with van der Waals surface area (Å²) in [7, 11) is 0. The van der Waals surface area contributed by atoms with Crippen molar-refractivity contribution >= 4 is 0 Å². The first kappa shape index (κ1) is 13.1. The van der Waals surface area contributed by atoms with Crippen LogP contribution in [-0.2, 0) is 0 Å². The molecule has 2 saturated carbocycles. The van der Waals surface area contributed by atoms with Crippen LogP contribution in [0.15, 0.2) is 12.2 Å². The molecule has 17 heavy (non-hydrogen) atoms. The Morgan fingerprint density at radius 2 is 1.88 bits per heavy atom. The maximum Gasteiger partial charge on any atom is 0.0597 e. The Balaban J connectivity index is 2.09. The fourth-order valence-corrected chi connectivity index (χ4v) is 3.43. The number of allylic oxidation sites excluding steroid dienone is 1. The molecule has 0 aliphatic heterocycles. The van der Waals surface area contributed by atoms with Crippen molar-refractivity contribution in [3.63, 3.8) is 0 Å². The highest BCUT2D eigenvalue weighted by molar-refractivity contribution is 5.20. The summed E-state index contributed by atoms with van der Waals surface area (Å²) in [5, 5.41) is 9.74. The Morgan fingerprint density at radius 3 is 2.29 bits per heavy atom. The molecule has 2 fully saturated rings. The summed E-state index contributed by atoms with van der Waals surface area (Å²) >= 11 is 0. The monoisotopic (exact) mass is 236 g/mol. The van der Waals surface area contributed by atoms with Gasteiger partial charge in [0.1, 0.15) is 0 Å². The van der Waals surface area contributed by atoms with Gasteiger partial charge < -0.3 is 5.11 Å². The lowest BCUT2D eigenvalue weighted by atomic mass is 9.70. The molecule has 1 N–H and O–H groups in total. The summed E-state index contributed by atoms with van der Waals surface area (Å²) in [6.45, 7) is 13.4. The van der Waals surface area contributed by atoms with Gasteiger partial charge in [-0.3, -0.25) is 0 Å². The van der Waals surface area contributed by atoms with Crippen LogP contribution in [0.2, 0.25) is 0 Å². The molecule has 0 aromatic carbocycles. The van der Waals surface area contributed by atoms with E-state index >= 15 is 0 Å². The van der Waals surface area contributed by atoms with Crippen molar-refractivity contribution in [2.24, 2.45) is 28.1 Å². The molecule has 0 saturated heterocycles. The summed E-state index contributed by atoms with van der Waals surface area (Å²) in [5.74, 6) is 1.63. The van der Waals surface area contributed by atoms with Gasteiger partial charge in [0.05, 0.1) is 6.10 Å². The minimum absolute atomic E-state index is 0.107. The van der Waals surface area contributed by atoms with E-state index in [1.54, 1.807) is 0 Å². The fraction of sp³-hybridized carbons (Fsp3) is 0.875. The quantitative estimate of drug-likeness (QED) is 0.734. The van der Waals surface area contributed by atoms with Crippen molar-refractivity contribution < 1.29 is 5.11 Å². The summed E-state index contributed by atoms with van der Waals surface area (Å²) < 4.78 is 0. The Morgan fingerprint density at radius 1 is 1.29 bits per heavy atom. The molecule has 2 rings (SSSR count). The maximum absolute atomic E-state index is 9.74. The highest BCUT2D eigenvalue weighted by Crippen LogP contribution is 2.74. The topological polar surface area (TPSA) is 20.2 Å². The molecule has 0 aromatic rings. The average Bonchev–Trinajstić information content (AvgIpc) is 2.80. The molecular weight excluding hydrogens is 208 g/mol. The van der Waals surface area contributed by atoms with Crippen LogP contribution in [0, 0.1) is 28.1 Å². The number of aliphatic hydroxyl groups excluding tert-OH is 1. The van der Waals surface area contributed by atoms with Crippen molar-refractivity contribution in [3.05, 3.63) is 12.2 Å². The van der Waals surface area contributed by atoms with Gasteiger partial charge >= 0.3 is 0 Å². The Labute approximate surface area is 106 Å². The van der Waals surface area contributed by atoms with Gasteiger partial charge in [-0.1, -0.05) is 46.8 Å². The van der Waals surface area contributed by atoms with Crippen LogP contribution in [-0.4, -0.2) is 11.2 Å². The zero-order valence-electron chi connectivity index (χ0n) is 12.2. The number of rotatable bonds is 3. The average molecular weight is 236 g/mol. The standard InChI is InChI=1S/C16H28O/c1-11(17)14(2,3)8-7-12-9-13-10-16(13,6)15(12,4)5/h7-8,11-13,17H,9-10H2,1-6H3/b8-7+. The Bertz CT molecular complexity index is 337. The summed E-state index contributed by atoms with van der Waals surface area (Å²) in [4.78, 5) is 0. The molecule has 0 bridgehead atoms. The van der Waals surface area contributed by atoms with Crippen LogP contribution in [0.4, 0.5) is 0 Å². The van der Waals surface area contributed by atoms with Crippen molar-refractivity contribution in [1.82, 2.24) is 0 Å². The van der Waals surface area contributed by atoms with Gasteiger partial charge in [0.2, 0.25) is 0 Å².